The van der Waals surface area contributed by atoms with Crippen molar-refractivity contribution in [3.05, 3.63) is 16.9 Å². The second kappa shape index (κ2) is 2.70. The highest BCUT2D eigenvalue weighted by Crippen LogP contribution is 2.42. The van der Waals surface area contributed by atoms with E-state index in [-0.39, 0.29) is 6.04 Å². The SMILES string of the molecule is Cn1ncc(Cl)c1C1(O)CC(N)C1. The van der Waals surface area contributed by atoms with E-state index in [1.807, 2.05) is 0 Å². The van der Waals surface area contributed by atoms with Gasteiger partial charge >= 0.3 is 0 Å². The van der Waals surface area contributed by atoms with Crippen LogP contribution in [0.3, 0.4) is 0 Å². The van der Waals surface area contributed by atoms with Gasteiger partial charge in [0, 0.05) is 13.1 Å². The predicted molar refractivity (Wildman–Crippen MR) is 49.3 cm³/mol. The molecule has 5 heteroatoms. The molecule has 0 spiro atoms. The number of aromatic nitrogens is 2. The van der Waals surface area contributed by atoms with Crippen LogP contribution in [-0.2, 0) is 12.6 Å². The lowest BCUT2D eigenvalue weighted by Gasteiger charge is -2.41. The zero-order valence-corrected chi connectivity index (χ0v) is 8.12. The van der Waals surface area contributed by atoms with Crippen LogP contribution >= 0.6 is 11.6 Å². The maximum Gasteiger partial charge on any atom is 0.111 e. The molecule has 0 amide bonds. The average Bonchev–Trinajstić information content (AvgIpc) is 2.28. The number of nitrogens with two attached hydrogens (primary N) is 1. The number of hydrogen-bond acceptors (Lipinski definition) is 3. The molecule has 1 aliphatic carbocycles. The zero-order chi connectivity index (χ0) is 9.64. The normalized spacial score (nSPS) is 33.1. The number of nitrogens with zero attached hydrogens (tertiary/aromatic N) is 2. The fourth-order valence-electron chi connectivity index (χ4n) is 1.94. The van der Waals surface area contributed by atoms with Gasteiger partial charge in [-0.15, -0.1) is 0 Å². The van der Waals surface area contributed by atoms with Crippen molar-refractivity contribution in [2.45, 2.75) is 24.5 Å². The lowest BCUT2D eigenvalue weighted by molar-refractivity contribution is -0.0586. The van der Waals surface area contributed by atoms with E-state index in [2.05, 4.69) is 5.10 Å². The van der Waals surface area contributed by atoms with Crippen LogP contribution in [0.25, 0.3) is 0 Å². The first-order valence-corrected chi connectivity index (χ1v) is 4.57. The van der Waals surface area contributed by atoms with Crippen LogP contribution in [0.2, 0.25) is 5.02 Å². The van der Waals surface area contributed by atoms with E-state index < -0.39 is 5.60 Å². The third-order valence-corrected chi connectivity index (χ3v) is 2.81. The van der Waals surface area contributed by atoms with Crippen LogP contribution in [0.15, 0.2) is 6.20 Å². The first kappa shape index (κ1) is 8.99. The molecule has 0 saturated heterocycles. The summed E-state index contributed by atoms with van der Waals surface area (Å²) in [5.74, 6) is 0. The Kier molecular flexibility index (Phi) is 1.87. The third-order valence-electron chi connectivity index (χ3n) is 2.53. The molecule has 0 aliphatic heterocycles. The highest BCUT2D eigenvalue weighted by atomic mass is 35.5. The molecule has 0 radical (unpaired) electrons. The standard InChI is InChI=1S/C8H12ClN3O/c1-12-7(6(9)4-11-12)8(13)2-5(10)3-8/h4-5,13H,2-3,10H2,1H3. The lowest BCUT2D eigenvalue weighted by atomic mass is 9.74. The monoisotopic (exact) mass is 201 g/mol. The van der Waals surface area contributed by atoms with Gasteiger partial charge in [-0.25, -0.2) is 0 Å². The van der Waals surface area contributed by atoms with Crippen molar-refractivity contribution in [3.63, 3.8) is 0 Å². The highest BCUT2D eigenvalue weighted by molar-refractivity contribution is 6.31. The molecule has 1 saturated carbocycles. The van der Waals surface area contributed by atoms with E-state index in [4.69, 9.17) is 17.3 Å². The molecule has 1 aliphatic rings. The maximum absolute atomic E-state index is 10.1. The molecule has 0 aromatic carbocycles. The summed E-state index contributed by atoms with van der Waals surface area (Å²) in [4.78, 5) is 0. The van der Waals surface area contributed by atoms with Crippen LogP contribution in [0.4, 0.5) is 0 Å². The minimum absolute atomic E-state index is 0.0796. The van der Waals surface area contributed by atoms with Crippen LogP contribution in [-0.4, -0.2) is 20.9 Å². The van der Waals surface area contributed by atoms with Gasteiger partial charge in [0.1, 0.15) is 5.60 Å². The quantitative estimate of drug-likeness (QED) is 0.691. The summed E-state index contributed by atoms with van der Waals surface area (Å²) < 4.78 is 1.61. The molecule has 0 bridgehead atoms. The average molecular weight is 202 g/mol. The topological polar surface area (TPSA) is 64.1 Å². The Balaban J connectivity index is 2.35. The van der Waals surface area contributed by atoms with Gasteiger partial charge in [-0.1, -0.05) is 11.6 Å². The summed E-state index contributed by atoms with van der Waals surface area (Å²) in [6.07, 6.45) is 2.66. The first-order chi connectivity index (χ1) is 6.03. The Morgan fingerprint density at radius 2 is 2.38 bits per heavy atom. The van der Waals surface area contributed by atoms with Gasteiger partial charge in [-0.2, -0.15) is 5.10 Å². The van der Waals surface area contributed by atoms with Gasteiger partial charge in [0.2, 0.25) is 0 Å². The second-order valence-electron chi connectivity index (χ2n) is 3.66. The van der Waals surface area contributed by atoms with Crippen LogP contribution in [0.5, 0.6) is 0 Å². The molecule has 13 heavy (non-hydrogen) atoms. The predicted octanol–water partition coefficient (Wildman–Crippen LogP) is 0.382. The fourth-order valence-corrected chi connectivity index (χ4v) is 2.28. The summed E-state index contributed by atoms with van der Waals surface area (Å²) in [5.41, 5.74) is 5.44. The molecule has 1 fully saturated rings. The van der Waals surface area contributed by atoms with Gasteiger partial charge in [0.25, 0.3) is 0 Å². The third kappa shape index (κ3) is 1.25. The van der Waals surface area contributed by atoms with Gasteiger partial charge < -0.3 is 10.8 Å². The van der Waals surface area contributed by atoms with Crippen molar-refractivity contribution < 1.29 is 5.11 Å². The number of aliphatic hydroxyl groups is 1. The van der Waals surface area contributed by atoms with E-state index in [9.17, 15) is 5.11 Å². The Morgan fingerprint density at radius 1 is 1.77 bits per heavy atom. The molecule has 72 valence electrons. The lowest BCUT2D eigenvalue weighted by Crippen LogP contribution is -2.50. The maximum atomic E-state index is 10.1. The second-order valence-corrected chi connectivity index (χ2v) is 4.07. The number of hydrogen-bond donors (Lipinski definition) is 2. The summed E-state index contributed by atoms with van der Waals surface area (Å²) in [6, 6.07) is 0.0796. The Hall–Kier alpha value is -0.580. The molecule has 0 unspecified atom stereocenters. The molecule has 1 aromatic heterocycles. The van der Waals surface area contributed by atoms with E-state index in [0.717, 1.165) is 0 Å². The first-order valence-electron chi connectivity index (χ1n) is 4.19. The van der Waals surface area contributed by atoms with Crippen LogP contribution in [0, 0.1) is 0 Å². The Morgan fingerprint density at radius 3 is 2.77 bits per heavy atom. The van der Waals surface area contributed by atoms with E-state index in [1.165, 1.54) is 0 Å². The van der Waals surface area contributed by atoms with E-state index in [0.29, 0.717) is 23.6 Å². The Labute approximate surface area is 81.3 Å². The number of halogens is 1. The van der Waals surface area contributed by atoms with Crippen LogP contribution in [0.1, 0.15) is 18.5 Å². The molecule has 4 nitrogen and oxygen atoms in total. The van der Waals surface area contributed by atoms with Gasteiger partial charge in [0.15, 0.2) is 0 Å². The minimum Gasteiger partial charge on any atom is -0.383 e. The summed E-state index contributed by atoms with van der Waals surface area (Å²) in [5, 5.41) is 14.6. The minimum atomic E-state index is -0.859. The van der Waals surface area contributed by atoms with Crippen molar-refractivity contribution in [1.82, 2.24) is 9.78 Å². The van der Waals surface area contributed by atoms with Gasteiger partial charge in [0.05, 0.1) is 16.9 Å². The number of aryl methyl sites for hydroxylation is 1. The molecule has 2 rings (SSSR count). The zero-order valence-electron chi connectivity index (χ0n) is 7.37. The molecular formula is C8H12ClN3O. The summed E-state index contributed by atoms with van der Waals surface area (Å²) >= 11 is 5.91. The summed E-state index contributed by atoms with van der Waals surface area (Å²) in [7, 11) is 1.77. The largest absolute Gasteiger partial charge is 0.383 e. The highest BCUT2D eigenvalue weighted by Gasteiger charge is 2.45. The van der Waals surface area contributed by atoms with Gasteiger partial charge in [-0.05, 0) is 12.8 Å². The molecular weight excluding hydrogens is 190 g/mol. The summed E-state index contributed by atoms with van der Waals surface area (Å²) in [6.45, 7) is 0. The molecule has 1 aromatic rings. The van der Waals surface area contributed by atoms with Crippen molar-refractivity contribution in [2.75, 3.05) is 0 Å². The van der Waals surface area contributed by atoms with E-state index in [1.54, 1.807) is 17.9 Å². The van der Waals surface area contributed by atoms with E-state index >= 15 is 0 Å². The molecule has 3 N–H and O–H groups in total. The van der Waals surface area contributed by atoms with Crippen molar-refractivity contribution in [1.29, 1.82) is 0 Å². The molecule has 1 heterocycles. The van der Waals surface area contributed by atoms with Crippen LogP contribution < -0.4 is 5.73 Å². The smallest absolute Gasteiger partial charge is 0.111 e. The van der Waals surface area contributed by atoms with Crippen molar-refractivity contribution in [3.8, 4) is 0 Å². The van der Waals surface area contributed by atoms with Crippen molar-refractivity contribution >= 4 is 11.6 Å². The number of rotatable bonds is 1. The molecule has 0 atom stereocenters. The Bertz CT molecular complexity index is 311. The van der Waals surface area contributed by atoms with Crippen molar-refractivity contribution in [2.24, 2.45) is 12.8 Å². The fraction of sp³-hybridized carbons (Fsp3) is 0.625. The van der Waals surface area contributed by atoms with Gasteiger partial charge in [-0.3, -0.25) is 4.68 Å².